The molecule has 2 amide bonds. The van der Waals surface area contributed by atoms with Crippen LogP contribution in [0.2, 0.25) is 5.02 Å². The van der Waals surface area contributed by atoms with Gasteiger partial charge < -0.3 is 9.47 Å². The van der Waals surface area contributed by atoms with Crippen LogP contribution in [0, 0.1) is 5.82 Å². The molecule has 158 valence electrons. The third-order valence-electron chi connectivity index (χ3n) is 4.22. The Kier molecular flexibility index (Phi) is 7.93. The maximum Gasteiger partial charge on any atom is 0.293 e. The van der Waals surface area contributed by atoms with Crippen molar-refractivity contribution in [2.24, 2.45) is 0 Å². The van der Waals surface area contributed by atoms with E-state index in [9.17, 15) is 14.0 Å². The third-order valence-corrected chi connectivity index (χ3v) is 6.00. The number of halogens is 3. The van der Waals surface area contributed by atoms with Crippen molar-refractivity contribution in [1.29, 1.82) is 0 Å². The number of nitrogens with zero attached hydrogens (tertiary/aromatic N) is 1. The van der Waals surface area contributed by atoms with Crippen LogP contribution >= 0.6 is 39.3 Å². The van der Waals surface area contributed by atoms with Gasteiger partial charge in [-0.05, 0) is 75.6 Å². The van der Waals surface area contributed by atoms with Crippen LogP contribution in [0.3, 0.4) is 0 Å². The van der Waals surface area contributed by atoms with Crippen LogP contribution in [0.1, 0.15) is 17.5 Å². The molecular weight excluding hydrogens is 497 g/mol. The monoisotopic (exact) mass is 513 g/mol. The largest absolute Gasteiger partial charge is 0.486 e. The third kappa shape index (κ3) is 5.63. The fourth-order valence-corrected chi connectivity index (χ4v) is 4.60. The van der Waals surface area contributed by atoms with Gasteiger partial charge in [0, 0.05) is 20.3 Å². The topological polar surface area (TPSA) is 55.8 Å². The van der Waals surface area contributed by atoms with Crippen molar-refractivity contribution in [3.05, 3.63) is 67.7 Å². The molecule has 0 atom stereocenters. The average Bonchev–Trinajstić information content (AvgIpc) is 2.96. The lowest BCUT2D eigenvalue weighted by Crippen LogP contribution is -2.29. The zero-order valence-electron chi connectivity index (χ0n) is 16.0. The van der Waals surface area contributed by atoms with E-state index < -0.39 is 0 Å². The number of ether oxygens (including phenoxy) is 2. The van der Waals surface area contributed by atoms with E-state index in [-0.39, 0.29) is 23.6 Å². The molecule has 1 saturated heterocycles. The Morgan fingerprint density at radius 1 is 1.23 bits per heavy atom. The first-order valence-electron chi connectivity index (χ1n) is 8.99. The fraction of sp³-hybridized carbons (Fsp3) is 0.238. The van der Waals surface area contributed by atoms with Crippen LogP contribution in [0.5, 0.6) is 5.75 Å². The van der Waals surface area contributed by atoms with Crippen molar-refractivity contribution >= 4 is 56.5 Å². The second-order valence-electron chi connectivity index (χ2n) is 6.41. The highest BCUT2D eigenvalue weighted by Crippen LogP contribution is 2.38. The zero-order chi connectivity index (χ0) is 21.7. The summed E-state index contributed by atoms with van der Waals surface area (Å²) in [6, 6.07) is 9.40. The van der Waals surface area contributed by atoms with Crippen molar-refractivity contribution in [2.45, 2.75) is 13.0 Å². The first-order valence-corrected chi connectivity index (χ1v) is 11.0. The van der Waals surface area contributed by atoms with Crippen LogP contribution in [0.25, 0.3) is 6.08 Å². The maximum atomic E-state index is 13.0. The molecule has 0 unspecified atom stereocenters. The molecule has 1 fully saturated rings. The quantitative estimate of drug-likeness (QED) is 0.325. The molecule has 0 radical (unpaired) electrons. The molecule has 0 spiro atoms. The highest BCUT2D eigenvalue weighted by atomic mass is 79.9. The molecular formula is C21H18BrClFNO4S. The van der Waals surface area contributed by atoms with Gasteiger partial charge >= 0.3 is 0 Å². The predicted molar refractivity (Wildman–Crippen MR) is 119 cm³/mol. The van der Waals surface area contributed by atoms with Gasteiger partial charge in [0.05, 0.1) is 14.4 Å². The minimum atomic E-state index is -0.329. The first kappa shape index (κ1) is 22.8. The summed E-state index contributed by atoms with van der Waals surface area (Å²) in [5.41, 5.74) is 1.45. The molecule has 0 aromatic heterocycles. The minimum Gasteiger partial charge on any atom is -0.486 e. The fourth-order valence-electron chi connectivity index (χ4n) is 2.75. The predicted octanol–water partition coefficient (Wildman–Crippen LogP) is 5.89. The molecule has 0 saturated carbocycles. The number of amides is 2. The summed E-state index contributed by atoms with van der Waals surface area (Å²) in [7, 11) is 1.57. The highest BCUT2D eigenvalue weighted by molar-refractivity contribution is 9.10. The number of hydrogen-bond acceptors (Lipinski definition) is 5. The molecule has 2 aromatic carbocycles. The van der Waals surface area contributed by atoms with Crippen LogP contribution in [-0.2, 0) is 16.1 Å². The molecule has 0 bridgehead atoms. The summed E-state index contributed by atoms with van der Waals surface area (Å²) >= 11 is 10.7. The van der Waals surface area contributed by atoms with Crippen LogP contribution in [0.4, 0.5) is 9.18 Å². The zero-order valence-corrected chi connectivity index (χ0v) is 19.2. The Hall–Kier alpha value is -1.87. The van der Waals surface area contributed by atoms with E-state index in [4.69, 9.17) is 21.1 Å². The van der Waals surface area contributed by atoms with Gasteiger partial charge in [-0.25, -0.2) is 4.39 Å². The minimum absolute atomic E-state index is 0.221. The van der Waals surface area contributed by atoms with E-state index in [0.717, 1.165) is 17.3 Å². The summed E-state index contributed by atoms with van der Waals surface area (Å²) in [5, 5.41) is 0.0452. The van der Waals surface area contributed by atoms with Gasteiger partial charge in [0.1, 0.15) is 12.4 Å². The summed E-state index contributed by atoms with van der Waals surface area (Å²) in [5.74, 6) is -0.207. The Bertz CT molecular complexity index is 960. The number of carbonyl (C=O) groups excluding carboxylic acids is 2. The Morgan fingerprint density at radius 3 is 2.63 bits per heavy atom. The van der Waals surface area contributed by atoms with Gasteiger partial charge in [0.25, 0.3) is 11.1 Å². The Morgan fingerprint density at radius 2 is 1.97 bits per heavy atom. The highest BCUT2D eigenvalue weighted by Gasteiger charge is 2.34. The normalized spacial score (nSPS) is 15.3. The number of carbonyl (C=O) groups is 2. The average molecular weight is 515 g/mol. The number of thioether (sulfide) groups is 1. The molecule has 0 aliphatic carbocycles. The van der Waals surface area contributed by atoms with E-state index in [0.29, 0.717) is 45.3 Å². The molecule has 1 aliphatic rings. The lowest BCUT2D eigenvalue weighted by molar-refractivity contribution is -0.122. The SMILES string of the molecule is COCCCN1C(=O)S/C(=C/c2cc(Cl)c(OCc3ccc(F)cc3)c(Br)c2)C1=O. The summed E-state index contributed by atoms with van der Waals surface area (Å²) in [6.45, 7) is 1.01. The standard InChI is InChI=1S/C21H18BrClFNO4S/c1-28-8-2-7-25-20(26)18(30-21(25)27)11-14-9-16(22)19(17(23)10-14)29-12-13-3-5-15(24)6-4-13/h3-6,9-11H,2,7-8,12H2,1H3/b18-11+. The van der Waals surface area contributed by atoms with Crippen LogP contribution in [-0.4, -0.2) is 36.3 Å². The van der Waals surface area contributed by atoms with Gasteiger partial charge in [-0.15, -0.1) is 0 Å². The van der Waals surface area contributed by atoms with Crippen molar-refractivity contribution in [3.63, 3.8) is 0 Å². The van der Waals surface area contributed by atoms with Crippen molar-refractivity contribution in [3.8, 4) is 5.75 Å². The van der Waals surface area contributed by atoms with Gasteiger partial charge in [-0.2, -0.15) is 0 Å². The smallest absolute Gasteiger partial charge is 0.293 e. The van der Waals surface area contributed by atoms with E-state index in [2.05, 4.69) is 15.9 Å². The molecule has 9 heteroatoms. The van der Waals surface area contributed by atoms with E-state index in [1.165, 1.54) is 17.0 Å². The second kappa shape index (κ2) is 10.4. The van der Waals surface area contributed by atoms with Gasteiger partial charge in [0.2, 0.25) is 0 Å². The van der Waals surface area contributed by atoms with Gasteiger partial charge in [-0.1, -0.05) is 23.7 Å². The van der Waals surface area contributed by atoms with E-state index in [1.54, 1.807) is 37.5 Å². The van der Waals surface area contributed by atoms with E-state index in [1.807, 2.05) is 0 Å². The van der Waals surface area contributed by atoms with Gasteiger partial charge in [0.15, 0.2) is 5.75 Å². The second-order valence-corrected chi connectivity index (χ2v) is 8.66. The maximum absolute atomic E-state index is 13.0. The van der Waals surface area contributed by atoms with Gasteiger partial charge in [-0.3, -0.25) is 14.5 Å². The van der Waals surface area contributed by atoms with Crippen molar-refractivity contribution < 1.29 is 23.5 Å². The van der Waals surface area contributed by atoms with E-state index >= 15 is 0 Å². The first-order chi connectivity index (χ1) is 14.4. The van der Waals surface area contributed by atoms with Crippen molar-refractivity contribution in [1.82, 2.24) is 4.90 Å². The molecule has 30 heavy (non-hydrogen) atoms. The summed E-state index contributed by atoms with van der Waals surface area (Å²) < 4.78 is 24.3. The lowest BCUT2D eigenvalue weighted by atomic mass is 10.2. The number of imide groups is 1. The number of rotatable bonds is 8. The molecule has 1 aliphatic heterocycles. The molecule has 5 nitrogen and oxygen atoms in total. The summed E-state index contributed by atoms with van der Waals surface area (Å²) in [6.07, 6.45) is 2.21. The molecule has 0 N–H and O–H groups in total. The summed E-state index contributed by atoms with van der Waals surface area (Å²) in [4.78, 5) is 26.2. The van der Waals surface area contributed by atoms with Crippen molar-refractivity contribution in [2.75, 3.05) is 20.3 Å². The number of hydrogen-bond donors (Lipinski definition) is 0. The lowest BCUT2D eigenvalue weighted by Gasteiger charge is -2.12. The van der Waals surface area contributed by atoms with Crippen LogP contribution < -0.4 is 4.74 Å². The molecule has 3 rings (SSSR count). The molecule has 1 heterocycles. The Balaban J connectivity index is 1.72. The van der Waals surface area contributed by atoms with Crippen LogP contribution in [0.15, 0.2) is 45.8 Å². The number of benzene rings is 2. The molecule has 2 aromatic rings. The Labute approximate surface area is 191 Å². The number of methoxy groups -OCH3 is 1.